The number of carbonyl (C=O) groups is 2. The Morgan fingerprint density at radius 3 is 2.86 bits per heavy atom. The first-order valence-electron chi connectivity index (χ1n) is 6.69. The molecule has 2 aromatic carbocycles. The highest BCUT2D eigenvalue weighted by Crippen LogP contribution is 2.38. The molecule has 0 fully saturated rings. The lowest BCUT2D eigenvalue weighted by atomic mass is 9.95. The topological polar surface area (TPSA) is 72.8 Å². The first-order chi connectivity index (χ1) is 10.0. The number of carbonyl (C=O) groups excluding carboxylic acids is 2. The van der Waals surface area contributed by atoms with Crippen LogP contribution in [0.3, 0.4) is 0 Å². The highest BCUT2D eigenvalue weighted by molar-refractivity contribution is 6.08. The number of hydrogen-bond acceptors (Lipinski definition) is 5. The Morgan fingerprint density at radius 2 is 2.10 bits per heavy atom. The van der Waals surface area contributed by atoms with Gasteiger partial charge in [0, 0.05) is 5.39 Å². The van der Waals surface area contributed by atoms with E-state index in [0.29, 0.717) is 10.9 Å². The van der Waals surface area contributed by atoms with Gasteiger partial charge in [-0.25, -0.2) is 4.79 Å². The van der Waals surface area contributed by atoms with E-state index in [0.717, 1.165) is 5.39 Å². The van der Waals surface area contributed by atoms with Crippen molar-refractivity contribution in [1.29, 1.82) is 0 Å². The van der Waals surface area contributed by atoms with Crippen LogP contribution in [0.2, 0.25) is 0 Å². The van der Waals surface area contributed by atoms with Crippen LogP contribution in [0.4, 0.5) is 0 Å². The Hall–Kier alpha value is -2.40. The summed E-state index contributed by atoms with van der Waals surface area (Å²) >= 11 is 0. The third-order valence-electron chi connectivity index (χ3n) is 3.45. The van der Waals surface area contributed by atoms with Crippen LogP contribution in [-0.4, -0.2) is 29.3 Å². The number of fused-ring (bicyclic) bond motifs is 3. The van der Waals surface area contributed by atoms with E-state index in [1.54, 1.807) is 25.1 Å². The van der Waals surface area contributed by atoms with Crippen LogP contribution in [0.15, 0.2) is 36.4 Å². The van der Waals surface area contributed by atoms with Gasteiger partial charge in [0.2, 0.25) is 0 Å². The minimum absolute atomic E-state index is 0.0983. The fourth-order valence-corrected chi connectivity index (χ4v) is 2.45. The van der Waals surface area contributed by atoms with Gasteiger partial charge in [-0.2, -0.15) is 0 Å². The summed E-state index contributed by atoms with van der Waals surface area (Å²) in [4.78, 5) is 24.1. The molecule has 3 rings (SSSR count). The van der Waals surface area contributed by atoms with E-state index < -0.39 is 18.2 Å². The Morgan fingerprint density at radius 1 is 1.33 bits per heavy atom. The van der Waals surface area contributed by atoms with Crippen LogP contribution in [0.25, 0.3) is 10.8 Å². The molecular weight excluding hydrogens is 272 g/mol. The lowest BCUT2D eigenvalue weighted by molar-refractivity contribution is -0.199. The molecule has 1 unspecified atom stereocenters. The van der Waals surface area contributed by atoms with Gasteiger partial charge in [0.15, 0.2) is 5.78 Å². The highest BCUT2D eigenvalue weighted by atomic mass is 16.7. The standard InChI is InChI=1S/C16H14O5/c1-2-20-15(18)16(19)9-13(17)12-8-7-10-5-3-4-6-11(10)14(12)21-16/h3-8,19H,2,9H2,1H3. The van der Waals surface area contributed by atoms with Gasteiger partial charge in [-0.05, 0) is 18.4 Å². The van der Waals surface area contributed by atoms with E-state index in [9.17, 15) is 14.7 Å². The zero-order valence-electron chi connectivity index (χ0n) is 11.5. The maximum atomic E-state index is 12.2. The van der Waals surface area contributed by atoms with Crippen molar-refractivity contribution in [3.63, 3.8) is 0 Å². The molecule has 1 aliphatic heterocycles. The largest absolute Gasteiger partial charge is 0.461 e. The summed E-state index contributed by atoms with van der Waals surface area (Å²) in [5, 5.41) is 11.9. The molecule has 108 valence electrons. The molecular formula is C16H14O5. The minimum atomic E-state index is -2.26. The van der Waals surface area contributed by atoms with Crippen molar-refractivity contribution in [2.24, 2.45) is 0 Å². The average Bonchev–Trinajstić information content (AvgIpc) is 2.47. The molecule has 0 saturated carbocycles. The van der Waals surface area contributed by atoms with Crippen molar-refractivity contribution in [2.75, 3.05) is 6.61 Å². The number of esters is 1. The summed E-state index contributed by atoms with van der Waals surface area (Å²) in [6.45, 7) is 1.72. The summed E-state index contributed by atoms with van der Waals surface area (Å²) < 4.78 is 10.3. The molecule has 5 heteroatoms. The zero-order valence-corrected chi connectivity index (χ0v) is 11.5. The van der Waals surface area contributed by atoms with E-state index in [4.69, 9.17) is 9.47 Å². The highest BCUT2D eigenvalue weighted by Gasteiger charge is 2.47. The number of rotatable bonds is 2. The summed E-state index contributed by atoms with van der Waals surface area (Å²) in [5.74, 6) is -3.33. The van der Waals surface area contributed by atoms with E-state index in [2.05, 4.69) is 0 Å². The van der Waals surface area contributed by atoms with Crippen LogP contribution in [0, 0.1) is 0 Å². The number of hydrogen-bond donors (Lipinski definition) is 1. The second-order valence-electron chi connectivity index (χ2n) is 4.87. The fraction of sp³-hybridized carbons (Fsp3) is 0.250. The van der Waals surface area contributed by atoms with Crippen molar-refractivity contribution in [3.05, 3.63) is 42.0 Å². The molecule has 1 heterocycles. The van der Waals surface area contributed by atoms with Crippen molar-refractivity contribution >= 4 is 22.5 Å². The maximum absolute atomic E-state index is 12.2. The number of ether oxygens (including phenoxy) is 2. The van der Waals surface area contributed by atoms with Gasteiger partial charge in [0.05, 0.1) is 18.6 Å². The summed E-state index contributed by atoms with van der Waals surface area (Å²) in [5.41, 5.74) is 0.364. The molecule has 0 aromatic heterocycles. The maximum Gasteiger partial charge on any atom is 0.380 e. The van der Waals surface area contributed by atoms with Gasteiger partial charge in [-0.3, -0.25) is 4.79 Å². The molecule has 5 nitrogen and oxygen atoms in total. The van der Waals surface area contributed by atoms with Gasteiger partial charge in [-0.15, -0.1) is 0 Å². The number of ketones is 1. The van der Waals surface area contributed by atoms with Gasteiger partial charge < -0.3 is 14.6 Å². The third-order valence-corrected chi connectivity index (χ3v) is 3.45. The van der Waals surface area contributed by atoms with Crippen LogP contribution < -0.4 is 4.74 Å². The Bertz CT molecular complexity index is 737. The monoisotopic (exact) mass is 286 g/mol. The predicted octanol–water partition coefficient (Wildman–Crippen LogP) is 2.06. The smallest absolute Gasteiger partial charge is 0.380 e. The van der Waals surface area contributed by atoms with Crippen molar-refractivity contribution < 1.29 is 24.2 Å². The van der Waals surface area contributed by atoms with Crippen LogP contribution in [0.1, 0.15) is 23.7 Å². The number of benzene rings is 2. The molecule has 0 radical (unpaired) electrons. The third kappa shape index (κ3) is 2.15. The van der Waals surface area contributed by atoms with Gasteiger partial charge in [0.25, 0.3) is 0 Å². The van der Waals surface area contributed by atoms with Crippen molar-refractivity contribution in [2.45, 2.75) is 19.1 Å². The second-order valence-corrected chi connectivity index (χ2v) is 4.87. The Kier molecular flexibility index (Phi) is 3.14. The number of Topliss-reactive ketones (excluding diaryl/α,β-unsaturated/α-hetero) is 1. The molecule has 2 aromatic rings. The van der Waals surface area contributed by atoms with E-state index in [1.807, 2.05) is 18.2 Å². The molecule has 1 N–H and O–H groups in total. The van der Waals surface area contributed by atoms with Crippen molar-refractivity contribution in [1.82, 2.24) is 0 Å². The molecule has 21 heavy (non-hydrogen) atoms. The quantitative estimate of drug-likeness (QED) is 0.855. The molecule has 0 spiro atoms. The summed E-state index contributed by atoms with van der Waals surface area (Å²) in [7, 11) is 0. The first kappa shape index (κ1) is 13.6. The summed E-state index contributed by atoms with van der Waals surface area (Å²) in [6.07, 6.45) is -0.447. The van der Waals surface area contributed by atoms with E-state index in [-0.39, 0.29) is 18.1 Å². The molecule has 0 amide bonds. The molecule has 1 aliphatic rings. The second kappa shape index (κ2) is 4.86. The molecule has 0 bridgehead atoms. The molecule has 0 aliphatic carbocycles. The van der Waals surface area contributed by atoms with Gasteiger partial charge in [0.1, 0.15) is 5.75 Å². The molecule has 1 atom stereocenters. The number of aliphatic hydroxyl groups is 1. The molecule has 0 saturated heterocycles. The van der Waals surface area contributed by atoms with Crippen LogP contribution in [-0.2, 0) is 9.53 Å². The Labute approximate surface area is 121 Å². The first-order valence-corrected chi connectivity index (χ1v) is 6.69. The van der Waals surface area contributed by atoms with Crippen molar-refractivity contribution in [3.8, 4) is 5.75 Å². The average molecular weight is 286 g/mol. The fourth-order valence-electron chi connectivity index (χ4n) is 2.45. The van der Waals surface area contributed by atoms with Gasteiger partial charge in [-0.1, -0.05) is 30.3 Å². The van der Waals surface area contributed by atoms with Gasteiger partial charge >= 0.3 is 11.8 Å². The normalized spacial score (nSPS) is 20.8. The van der Waals surface area contributed by atoms with E-state index in [1.165, 1.54) is 0 Å². The lowest BCUT2D eigenvalue weighted by Gasteiger charge is -2.31. The zero-order chi connectivity index (χ0) is 15.0. The Balaban J connectivity index is 2.14. The summed E-state index contributed by atoms with van der Waals surface area (Å²) in [6, 6.07) is 10.8. The SMILES string of the molecule is CCOC(=O)C1(O)CC(=O)c2ccc3ccccc3c2O1. The van der Waals surface area contributed by atoms with Crippen LogP contribution in [0.5, 0.6) is 5.75 Å². The minimum Gasteiger partial charge on any atom is -0.461 e. The van der Waals surface area contributed by atoms with Crippen LogP contribution >= 0.6 is 0 Å². The predicted molar refractivity (Wildman–Crippen MR) is 75.1 cm³/mol. The van der Waals surface area contributed by atoms with E-state index >= 15 is 0 Å². The lowest BCUT2D eigenvalue weighted by Crippen LogP contribution is -2.50.